The van der Waals surface area contributed by atoms with Gasteiger partial charge in [-0.25, -0.2) is 14.8 Å². The zero-order valence-electron chi connectivity index (χ0n) is 16.7. The summed E-state index contributed by atoms with van der Waals surface area (Å²) in [5, 5.41) is 6.17. The maximum absolute atomic E-state index is 12.3. The van der Waals surface area contributed by atoms with Crippen LogP contribution in [0.25, 0.3) is 10.9 Å². The molecule has 1 N–H and O–H groups in total. The van der Waals surface area contributed by atoms with Crippen LogP contribution in [0.15, 0.2) is 66.0 Å². The van der Waals surface area contributed by atoms with Crippen LogP contribution in [0.5, 0.6) is 5.75 Å². The molecule has 0 fully saturated rings. The van der Waals surface area contributed by atoms with Gasteiger partial charge < -0.3 is 14.8 Å². The van der Waals surface area contributed by atoms with Crippen LogP contribution in [-0.4, -0.2) is 29.0 Å². The quantitative estimate of drug-likeness (QED) is 0.439. The molecule has 0 saturated heterocycles. The average molecular weight is 433 g/mol. The maximum Gasteiger partial charge on any atom is 0.357 e. The van der Waals surface area contributed by atoms with Crippen LogP contribution in [0.1, 0.15) is 21.2 Å². The van der Waals surface area contributed by atoms with Crippen molar-refractivity contribution in [3.05, 3.63) is 82.4 Å². The number of nitrogens with zero attached hydrogens (tertiary/aromatic N) is 2. The van der Waals surface area contributed by atoms with Crippen LogP contribution in [0, 0.1) is 0 Å². The molecule has 0 bridgehead atoms. The molecule has 8 heteroatoms. The molecular weight excluding hydrogens is 414 g/mol. The molecule has 7 nitrogen and oxygen atoms in total. The Hall–Kier alpha value is -3.78. The minimum Gasteiger partial charge on any atom is -0.495 e. The molecule has 4 aromatic rings. The van der Waals surface area contributed by atoms with Gasteiger partial charge in [0, 0.05) is 10.8 Å². The number of para-hydroxylation sites is 3. The lowest BCUT2D eigenvalue weighted by Crippen LogP contribution is -2.15. The first-order chi connectivity index (χ1) is 15.1. The van der Waals surface area contributed by atoms with Gasteiger partial charge in [0.15, 0.2) is 0 Å². The highest BCUT2D eigenvalue weighted by molar-refractivity contribution is 7.09. The monoisotopic (exact) mass is 433 g/mol. The molecule has 1 amide bonds. The van der Waals surface area contributed by atoms with E-state index in [9.17, 15) is 9.59 Å². The molecule has 0 atom stereocenters. The number of rotatable bonds is 7. The lowest BCUT2D eigenvalue weighted by Gasteiger charge is -2.08. The molecule has 156 valence electrons. The minimum absolute atomic E-state index is 0.0119. The zero-order valence-corrected chi connectivity index (χ0v) is 17.5. The fourth-order valence-corrected chi connectivity index (χ4v) is 3.75. The van der Waals surface area contributed by atoms with Crippen LogP contribution >= 0.6 is 11.3 Å². The minimum atomic E-state index is -0.519. The first-order valence-electron chi connectivity index (χ1n) is 9.51. The highest BCUT2D eigenvalue weighted by atomic mass is 32.1. The smallest absolute Gasteiger partial charge is 0.357 e. The number of ether oxygens (including phenoxy) is 2. The van der Waals surface area contributed by atoms with Gasteiger partial charge in [-0.3, -0.25) is 4.79 Å². The number of carbonyl (C=O) groups excluding carboxylic acids is 2. The summed E-state index contributed by atoms with van der Waals surface area (Å²) in [7, 11) is 1.55. The second kappa shape index (κ2) is 9.36. The van der Waals surface area contributed by atoms with E-state index >= 15 is 0 Å². The first-order valence-corrected chi connectivity index (χ1v) is 10.4. The van der Waals surface area contributed by atoms with Crippen molar-refractivity contribution in [3.8, 4) is 5.75 Å². The molecule has 0 spiro atoms. The van der Waals surface area contributed by atoms with Crippen molar-refractivity contribution in [2.24, 2.45) is 0 Å². The molecular formula is C23H19N3O4S. The van der Waals surface area contributed by atoms with Crippen molar-refractivity contribution in [1.82, 2.24) is 9.97 Å². The van der Waals surface area contributed by atoms with Crippen molar-refractivity contribution >= 4 is 39.8 Å². The van der Waals surface area contributed by atoms with Gasteiger partial charge in [0.25, 0.3) is 0 Å². The Kier molecular flexibility index (Phi) is 6.18. The van der Waals surface area contributed by atoms with Gasteiger partial charge in [-0.15, -0.1) is 11.3 Å². The number of nitrogens with one attached hydrogen (secondary N) is 1. The standard InChI is InChI=1S/C23H19N3O4S/c1-29-20-9-5-4-8-18(20)26-21(27)12-22-24-16(14-31-22)13-30-23(28)19-11-10-15-6-2-3-7-17(15)25-19/h2-11,14H,12-13H2,1H3,(H,26,27). The molecule has 0 saturated carbocycles. The third kappa shape index (κ3) is 5.04. The van der Waals surface area contributed by atoms with E-state index in [0.29, 0.717) is 22.1 Å². The van der Waals surface area contributed by atoms with E-state index in [2.05, 4.69) is 15.3 Å². The van der Waals surface area contributed by atoms with Crippen LogP contribution < -0.4 is 10.1 Å². The van der Waals surface area contributed by atoms with E-state index in [1.165, 1.54) is 11.3 Å². The lowest BCUT2D eigenvalue weighted by molar-refractivity contribution is -0.115. The normalized spacial score (nSPS) is 10.6. The molecule has 0 unspecified atom stereocenters. The van der Waals surface area contributed by atoms with Crippen LogP contribution in [0.2, 0.25) is 0 Å². The van der Waals surface area contributed by atoms with Gasteiger partial charge in [0.2, 0.25) is 5.91 Å². The number of amides is 1. The van der Waals surface area contributed by atoms with Crippen LogP contribution in [-0.2, 0) is 22.6 Å². The Morgan fingerprint density at radius 1 is 1.00 bits per heavy atom. The predicted octanol–water partition coefficient (Wildman–Crippen LogP) is 4.24. The zero-order chi connectivity index (χ0) is 21.6. The Labute approximate surface area is 182 Å². The number of pyridine rings is 1. The molecule has 0 aliphatic carbocycles. The number of methoxy groups -OCH3 is 1. The molecule has 4 rings (SSSR count). The number of benzene rings is 2. The Bertz CT molecular complexity index is 1240. The number of thiazole rings is 1. The Morgan fingerprint density at radius 2 is 1.81 bits per heavy atom. The summed E-state index contributed by atoms with van der Waals surface area (Å²) in [6.45, 7) is 0.0119. The van der Waals surface area contributed by atoms with Gasteiger partial charge in [0.1, 0.15) is 23.1 Å². The fraction of sp³-hybridized carbons (Fsp3) is 0.130. The molecule has 31 heavy (non-hydrogen) atoms. The molecule has 2 aromatic heterocycles. The van der Waals surface area contributed by atoms with E-state index in [1.807, 2.05) is 42.5 Å². The largest absolute Gasteiger partial charge is 0.495 e. The van der Waals surface area contributed by atoms with Gasteiger partial charge in [-0.05, 0) is 24.3 Å². The number of esters is 1. The van der Waals surface area contributed by atoms with Crippen LogP contribution in [0.4, 0.5) is 5.69 Å². The molecule has 0 radical (unpaired) electrons. The van der Waals surface area contributed by atoms with Crippen molar-refractivity contribution in [2.75, 3.05) is 12.4 Å². The Balaban J connectivity index is 1.33. The van der Waals surface area contributed by atoms with E-state index < -0.39 is 5.97 Å². The number of anilines is 1. The van der Waals surface area contributed by atoms with Gasteiger partial charge in [-0.2, -0.15) is 0 Å². The second-order valence-electron chi connectivity index (χ2n) is 6.62. The van der Waals surface area contributed by atoms with E-state index in [1.54, 1.807) is 30.7 Å². The topological polar surface area (TPSA) is 90.4 Å². The SMILES string of the molecule is COc1ccccc1NC(=O)Cc1nc(COC(=O)c2ccc3ccccc3n2)cs1. The van der Waals surface area contributed by atoms with Crippen molar-refractivity contribution in [2.45, 2.75) is 13.0 Å². The molecule has 2 aromatic carbocycles. The summed E-state index contributed by atoms with van der Waals surface area (Å²) in [5.74, 6) is -0.137. The van der Waals surface area contributed by atoms with E-state index in [-0.39, 0.29) is 24.6 Å². The highest BCUT2D eigenvalue weighted by Gasteiger charge is 2.13. The number of fused-ring (bicyclic) bond motifs is 1. The van der Waals surface area contributed by atoms with E-state index in [4.69, 9.17) is 9.47 Å². The summed E-state index contributed by atoms with van der Waals surface area (Å²) < 4.78 is 10.6. The molecule has 0 aliphatic heterocycles. The van der Waals surface area contributed by atoms with Gasteiger partial charge in [0.05, 0.1) is 30.4 Å². The van der Waals surface area contributed by atoms with Crippen LogP contribution in [0.3, 0.4) is 0 Å². The van der Waals surface area contributed by atoms with E-state index in [0.717, 1.165) is 10.9 Å². The second-order valence-corrected chi connectivity index (χ2v) is 7.57. The van der Waals surface area contributed by atoms with Gasteiger partial charge in [-0.1, -0.05) is 36.4 Å². The number of hydrogen-bond donors (Lipinski definition) is 1. The van der Waals surface area contributed by atoms with Crippen molar-refractivity contribution < 1.29 is 19.1 Å². The van der Waals surface area contributed by atoms with Crippen molar-refractivity contribution in [3.63, 3.8) is 0 Å². The predicted molar refractivity (Wildman–Crippen MR) is 118 cm³/mol. The van der Waals surface area contributed by atoms with Gasteiger partial charge >= 0.3 is 5.97 Å². The molecule has 2 heterocycles. The Morgan fingerprint density at radius 3 is 2.68 bits per heavy atom. The third-order valence-corrected chi connectivity index (χ3v) is 5.35. The number of aromatic nitrogens is 2. The number of hydrogen-bond acceptors (Lipinski definition) is 7. The summed E-state index contributed by atoms with van der Waals surface area (Å²) >= 11 is 1.34. The lowest BCUT2D eigenvalue weighted by atomic mass is 10.2. The summed E-state index contributed by atoms with van der Waals surface area (Å²) in [6.07, 6.45) is 0.114. The average Bonchev–Trinajstić information content (AvgIpc) is 3.24. The first kappa shape index (κ1) is 20.5. The summed E-state index contributed by atoms with van der Waals surface area (Å²) in [4.78, 5) is 33.4. The molecule has 0 aliphatic rings. The summed E-state index contributed by atoms with van der Waals surface area (Å²) in [6, 6.07) is 18.2. The fourth-order valence-electron chi connectivity index (χ4n) is 2.97. The maximum atomic E-state index is 12.3. The number of carbonyl (C=O) groups is 2. The third-order valence-electron chi connectivity index (χ3n) is 4.45. The summed E-state index contributed by atoms with van der Waals surface area (Å²) in [5.41, 5.74) is 2.15. The van der Waals surface area contributed by atoms with Crippen molar-refractivity contribution in [1.29, 1.82) is 0 Å². The highest BCUT2D eigenvalue weighted by Crippen LogP contribution is 2.23.